The summed E-state index contributed by atoms with van der Waals surface area (Å²) in [5.41, 5.74) is 4.10. The van der Waals surface area contributed by atoms with Gasteiger partial charge in [-0.25, -0.2) is 13.2 Å². The molecule has 0 N–H and O–H groups in total. The van der Waals surface area contributed by atoms with Crippen molar-refractivity contribution >= 4 is 5.91 Å². The molecule has 0 unspecified atom stereocenters. The lowest BCUT2D eigenvalue weighted by Crippen LogP contribution is -3.00. The molecular weight excluding hydrogens is 553 g/mol. The van der Waals surface area contributed by atoms with E-state index < -0.39 is 11.6 Å². The fourth-order valence-corrected chi connectivity index (χ4v) is 5.03. The second kappa shape index (κ2) is 14.5. The third-order valence-corrected chi connectivity index (χ3v) is 7.13. The minimum absolute atomic E-state index is 0. The van der Waals surface area contributed by atoms with Crippen molar-refractivity contribution in [3.8, 4) is 0 Å². The van der Waals surface area contributed by atoms with Gasteiger partial charge in [-0.05, 0) is 82.5 Å². The molecule has 0 heterocycles. The summed E-state index contributed by atoms with van der Waals surface area (Å²) in [6.07, 6.45) is 1.65. The van der Waals surface area contributed by atoms with E-state index in [1.807, 2.05) is 44.2 Å². The first-order chi connectivity index (χ1) is 17.6. The van der Waals surface area contributed by atoms with Crippen molar-refractivity contribution in [3.05, 3.63) is 106 Å². The molecule has 0 spiro atoms. The maximum absolute atomic E-state index is 13.9. The normalized spacial score (nSPS) is 11.2. The average molecular weight is 592 g/mol. The van der Waals surface area contributed by atoms with E-state index in [4.69, 9.17) is 0 Å². The predicted octanol–water partition coefficient (Wildman–Crippen LogP) is 4.20. The highest BCUT2D eigenvalue weighted by Crippen LogP contribution is 2.19. The van der Waals surface area contributed by atoms with Crippen molar-refractivity contribution in [2.75, 3.05) is 26.2 Å². The number of carbonyl (C=O) groups excluding carboxylic acids is 1. The molecule has 0 bridgehead atoms. The molecule has 3 aromatic carbocycles. The van der Waals surface area contributed by atoms with Crippen molar-refractivity contribution in [1.29, 1.82) is 0 Å². The van der Waals surface area contributed by atoms with E-state index in [1.165, 1.54) is 24.3 Å². The summed E-state index contributed by atoms with van der Waals surface area (Å²) in [4.78, 5) is 15.2. The van der Waals surface area contributed by atoms with E-state index in [0.29, 0.717) is 17.7 Å². The third kappa shape index (κ3) is 8.98. The van der Waals surface area contributed by atoms with Crippen LogP contribution in [0.2, 0.25) is 0 Å². The summed E-state index contributed by atoms with van der Waals surface area (Å²) in [5.74, 6) is -1.68. The SMILES string of the molecule is CC[N+](CC)(CCCCN(Cc1cc(F)cc(F)c1)C(=O)c1cc(C)cc(C)c1)Cc1ccc(F)cc1.[Br-]. The molecule has 3 nitrogen and oxygen atoms in total. The fraction of sp³-hybridized carbons (Fsp3) is 0.387. The first-order valence-corrected chi connectivity index (χ1v) is 13.0. The molecule has 0 radical (unpaired) electrons. The molecule has 0 aliphatic rings. The molecule has 1 amide bonds. The highest BCUT2D eigenvalue weighted by molar-refractivity contribution is 5.94. The number of carbonyl (C=O) groups is 1. The molecule has 38 heavy (non-hydrogen) atoms. The van der Waals surface area contributed by atoms with Crippen molar-refractivity contribution in [1.82, 2.24) is 4.90 Å². The average Bonchev–Trinajstić information content (AvgIpc) is 2.85. The number of aryl methyl sites for hydroxylation is 2. The van der Waals surface area contributed by atoms with Crippen LogP contribution < -0.4 is 17.0 Å². The maximum Gasteiger partial charge on any atom is 0.254 e. The Morgan fingerprint density at radius 2 is 1.34 bits per heavy atom. The highest BCUT2D eigenvalue weighted by atomic mass is 79.9. The number of halogens is 4. The van der Waals surface area contributed by atoms with Crippen LogP contribution in [0.5, 0.6) is 0 Å². The molecule has 0 aromatic heterocycles. The lowest BCUT2D eigenvalue weighted by atomic mass is 10.1. The topological polar surface area (TPSA) is 20.3 Å². The van der Waals surface area contributed by atoms with Crippen LogP contribution in [-0.4, -0.2) is 41.5 Å². The minimum Gasteiger partial charge on any atom is -1.00 e. The Balaban J connectivity index is 0.00000507. The number of unbranched alkanes of at least 4 members (excludes halogenated alkanes) is 1. The van der Waals surface area contributed by atoms with Crippen molar-refractivity contribution in [2.45, 2.75) is 53.6 Å². The zero-order valence-corrected chi connectivity index (χ0v) is 24.3. The van der Waals surface area contributed by atoms with E-state index in [9.17, 15) is 18.0 Å². The second-order valence-electron chi connectivity index (χ2n) is 10.1. The smallest absolute Gasteiger partial charge is 0.254 e. The van der Waals surface area contributed by atoms with Gasteiger partial charge in [-0.15, -0.1) is 0 Å². The van der Waals surface area contributed by atoms with E-state index >= 15 is 0 Å². The maximum atomic E-state index is 13.9. The Morgan fingerprint density at radius 1 is 0.763 bits per heavy atom. The first-order valence-electron chi connectivity index (χ1n) is 13.0. The predicted molar refractivity (Wildman–Crippen MR) is 143 cm³/mol. The van der Waals surface area contributed by atoms with Crippen LogP contribution in [0.3, 0.4) is 0 Å². The Bertz CT molecular complexity index is 1160. The minimum atomic E-state index is -0.650. The molecule has 0 saturated carbocycles. The summed E-state index contributed by atoms with van der Waals surface area (Å²) in [6, 6.07) is 15.8. The Kier molecular flexibility index (Phi) is 12.0. The summed E-state index contributed by atoms with van der Waals surface area (Å²) in [7, 11) is 0. The van der Waals surface area contributed by atoms with Gasteiger partial charge in [0.15, 0.2) is 0 Å². The fourth-order valence-electron chi connectivity index (χ4n) is 5.03. The van der Waals surface area contributed by atoms with Gasteiger partial charge >= 0.3 is 0 Å². The summed E-state index contributed by atoms with van der Waals surface area (Å²) < 4.78 is 41.9. The standard InChI is InChI=1S/C31H38F3N2O.BrH/c1-5-36(6-2,22-25-9-11-28(32)12-10-25)14-8-7-13-35(21-26-18-29(33)20-30(34)19-26)31(37)27-16-23(3)15-24(4)17-27;/h9-12,15-20H,5-8,13-14,21-22H2,1-4H3;1H/q+1;/p-1. The van der Waals surface area contributed by atoms with Crippen LogP contribution in [0.4, 0.5) is 13.2 Å². The summed E-state index contributed by atoms with van der Waals surface area (Å²) in [5, 5.41) is 0. The molecule has 7 heteroatoms. The zero-order valence-electron chi connectivity index (χ0n) is 22.7. The highest BCUT2D eigenvalue weighted by Gasteiger charge is 2.24. The van der Waals surface area contributed by atoms with Gasteiger partial charge in [0.25, 0.3) is 5.91 Å². The van der Waals surface area contributed by atoms with Gasteiger partial charge in [-0.3, -0.25) is 4.79 Å². The number of nitrogens with zero attached hydrogens (tertiary/aromatic N) is 2. The largest absolute Gasteiger partial charge is 1.00 e. The van der Waals surface area contributed by atoms with Gasteiger partial charge in [-0.1, -0.05) is 29.3 Å². The number of hydrogen-bond acceptors (Lipinski definition) is 1. The van der Waals surface area contributed by atoms with Crippen molar-refractivity contribution < 1.29 is 39.4 Å². The van der Waals surface area contributed by atoms with Gasteiger partial charge in [-0.2, -0.15) is 0 Å². The number of hydrogen-bond donors (Lipinski definition) is 0. The second-order valence-corrected chi connectivity index (χ2v) is 10.1. The van der Waals surface area contributed by atoms with Gasteiger partial charge in [0, 0.05) is 30.3 Å². The molecule has 0 aliphatic carbocycles. The van der Waals surface area contributed by atoms with Crippen LogP contribution in [0.15, 0.2) is 60.7 Å². The quantitative estimate of drug-likeness (QED) is 0.229. The number of benzene rings is 3. The van der Waals surface area contributed by atoms with E-state index in [2.05, 4.69) is 13.8 Å². The van der Waals surface area contributed by atoms with E-state index in [-0.39, 0.29) is 35.3 Å². The Labute approximate surface area is 235 Å². The molecule has 0 saturated heterocycles. The van der Waals surface area contributed by atoms with E-state index in [0.717, 1.165) is 66.3 Å². The van der Waals surface area contributed by atoms with Crippen LogP contribution in [0.1, 0.15) is 59.3 Å². The Morgan fingerprint density at radius 3 is 1.89 bits per heavy atom. The molecule has 206 valence electrons. The van der Waals surface area contributed by atoms with Gasteiger partial charge in [0.1, 0.15) is 24.0 Å². The lowest BCUT2D eigenvalue weighted by Gasteiger charge is -2.37. The zero-order chi connectivity index (χ0) is 27.0. The van der Waals surface area contributed by atoms with Crippen molar-refractivity contribution in [3.63, 3.8) is 0 Å². The molecule has 3 aromatic rings. The number of rotatable bonds is 12. The summed E-state index contributed by atoms with van der Waals surface area (Å²) >= 11 is 0. The number of quaternary nitrogens is 1. The van der Waals surface area contributed by atoms with Crippen LogP contribution >= 0.6 is 0 Å². The molecule has 0 fully saturated rings. The third-order valence-electron chi connectivity index (χ3n) is 7.13. The van der Waals surface area contributed by atoms with Crippen LogP contribution in [0, 0.1) is 31.3 Å². The van der Waals surface area contributed by atoms with E-state index in [1.54, 1.807) is 4.90 Å². The molecule has 0 atom stereocenters. The molecule has 3 rings (SSSR count). The van der Waals surface area contributed by atoms with Gasteiger partial charge in [0.2, 0.25) is 0 Å². The first kappa shape index (κ1) is 31.6. The van der Waals surface area contributed by atoms with Gasteiger partial charge < -0.3 is 26.4 Å². The van der Waals surface area contributed by atoms with Crippen molar-refractivity contribution in [2.24, 2.45) is 0 Å². The van der Waals surface area contributed by atoms with Crippen LogP contribution in [-0.2, 0) is 13.1 Å². The lowest BCUT2D eigenvalue weighted by molar-refractivity contribution is -0.938. The monoisotopic (exact) mass is 590 g/mol. The number of amides is 1. The molecule has 0 aliphatic heterocycles. The van der Waals surface area contributed by atoms with Crippen LogP contribution in [0.25, 0.3) is 0 Å². The molecular formula is C31H38BrF3N2O. The Hall–Kier alpha value is -2.64. The summed E-state index contributed by atoms with van der Waals surface area (Å²) in [6.45, 7) is 12.5. The van der Waals surface area contributed by atoms with Gasteiger partial charge in [0.05, 0.1) is 19.6 Å².